The number of thioether (sulfide) groups is 1. The summed E-state index contributed by atoms with van der Waals surface area (Å²) in [5.41, 5.74) is 0. The molecule has 1 fully saturated rings. The van der Waals surface area contributed by atoms with Crippen molar-refractivity contribution in [1.82, 2.24) is 0 Å². The highest BCUT2D eigenvalue weighted by Crippen LogP contribution is 2.34. The summed E-state index contributed by atoms with van der Waals surface area (Å²) in [5, 5.41) is 10.1. The van der Waals surface area contributed by atoms with E-state index < -0.39 is 9.84 Å². The molecule has 100 valence electrons. The van der Waals surface area contributed by atoms with Crippen molar-refractivity contribution in [3.05, 3.63) is 24.3 Å². The normalized spacial score (nSPS) is 25.0. The molecule has 0 saturated heterocycles. The fraction of sp³-hybridized carbons (Fsp3) is 0.538. The molecule has 0 aromatic heterocycles. The zero-order chi connectivity index (χ0) is 13.2. The first kappa shape index (κ1) is 13.9. The van der Waals surface area contributed by atoms with Gasteiger partial charge in [-0.2, -0.15) is 0 Å². The molecule has 1 N–H and O–H groups in total. The van der Waals surface area contributed by atoms with Crippen molar-refractivity contribution in [3.8, 4) is 0 Å². The molecule has 0 amide bonds. The summed E-state index contributed by atoms with van der Waals surface area (Å²) >= 11 is 1.65. The second-order valence-corrected chi connectivity index (χ2v) is 8.08. The Balaban J connectivity index is 2.06. The monoisotopic (exact) mass is 286 g/mol. The molecule has 2 atom stereocenters. The molecule has 2 rings (SSSR count). The minimum atomic E-state index is -3.12. The quantitative estimate of drug-likeness (QED) is 0.927. The largest absolute Gasteiger partial charge is 0.392 e. The van der Waals surface area contributed by atoms with Crippen LogP contribution in [0, 0.1) is 0 Å². The first-order chi connectivity index (χ1) is 8.47. The fourth-order valence-corrected chi connectivity index (χ4v) is 4.01. The van der Waals surface area contributed by atoms with Gasteiger partial charge in [0.15, 0.2) is 9.84 Å². The summed E-state index contributed by atoms with van der Waals surface area (Å²) in [6, 6.07) is 6.91. The van der Waals surface area contributed by atoms with E-state index in [1.807, 2.05) is 12.1 Å². The van der Waals surface area contributed by atoms with Crippen molar-refractivity contribution in [1.29, 1.82) is 0 Å². The maximum atomic E-state index is 11.3. The van der Waals surface area contributed by atoms with Crippen molar-refractivity contribution < 1.29 is 13.5 Å². The Morgan fingerprint density at radius 2 is 1.78 bits per heavy atom. The lowest BCUT2D eigenvalue weighted by Crippen LogP contribution is -2.26. The van der Waals surface area contributed by atoms with Crippen LogP contribution < -0.4 is 0 Å². The van der Waals surface area contributed by atoms with Gasteiger partial charge >= 0.3 is 0 Å². The van der Waals surface area contributed by atoms with Crippen LogP contribution in [-0.4, -0.2) is 31.1 Å². The second kappa shape index (κ2) is 5.63. The van der Waals surface area contributed by atoms with E-state index in [-0.39, 0.29) is 11.4 Å². The molecule has 1 saturated carbocycles. The van der Waals surface area contributed by atoms with Crippen LogP contribution in [0.1, 0.15) is 25.7 Å². The van der Waals surface area contributed by atoms with Crippen molar-refractivity contribution in [2.24, 2.45) is 0 Å². The van der Waals surface area contributed by atoms with Crippen LogP contribution in [0.3, 0.4) is 0 Å². The molecule has 1 aromatic rings. The van der Waals surface area contributed by atoms with Crippen LogP contribution in [0.25, 0.3) is 0 Å². The van der Waals surface area contributed by atoms with Gasteiger partial charge in [0.2, 0.25) is 0 Å². The van der Waals surface area contributed by atoms with E-state index in [1.165, 1.54) is 6.26 Å². The molecule has 1 aliphatic rings. The molecule has 0 aliphatic heterocycles. The Hall–Kier alpha value is -0.520. The lowest BCUT2D eigenvalue weighted by atomic mass is 9.97. The zero-order valence-corrected chi connectivity index (χ0v) is 12.0. The number of benzene rings is 1. The van der Waals surface area contributed by atoms with E-state index in [0.717, 1.165) is 30.6 Å². The summed E-state index contributed by atoms with van der Waals surface area (Å²) in [6.45, 7) is 0. The summed E-state index contributed by atoms with van der Waals surface area (Å²) < 4.78 is 22.7. The summed E-state index contributed by atoms with van der Waals surface area (Å²) in [6.07, 6.45) is 5.14. The summed E-state index contributed by atoms with van der Waals surface area (Å²) in [7, 11) is -3.12. The Kier molecular flexibility index (Phi) is 4.35. The SMILES string of the molecule is CS(=O)(=O)c1ccc(S[C@H]2CCCC[C@@H]2O)cc1. The van der Waals surface area contributed by atoms with Crippen molar-refractivity contribution in [2.75, 3.05) is 6.26 Å². The number of hydrogen-bond donors (Lipinski definition) is 1. The van der Waals surface area contributed by atoms with Gasteiger partial charge in [-0.05, 0) is 37.1 Å². The van der Waals surface area contributed by atoms with Gasteiger partial charge in [-0.25, -0.2) is 8.42 Å². The van der Waals surface area contributed by atoms with Crippen molar-refractivity contribution in [2.45, 2.75) is 46.8 Å². The molecule has 3 nitrogen and oxygen atoms in total. The predicted molar refractivity (Wildman–Crippen MR) is 73.7 cm³/mol. The maximum absolute atomic E-state index is 11.3. The van der Waals surface area contributed by atoms with Gasteiger partial charge in [0, 0.05) is 16.4 Å². The van der Waals surface area contributed by atoms with E-state index in [9.17, 15) is 13.5 Å². The molecule has 1 aliphatic carbocycles. The third-order valence-corrected chi connectivity index (χ3v) is 5.73. The number of hydrogen-bond acceptors (Lipinski definition) is 4. The van der Waals surface area contributed by atoms with E-state index in [4.69, 9.17) is 0 Å². The van der Waals surface area contributed by atoms with E-state index in [0.29, 0.717) is 4.90 Å². The van der Waals surface area contributed by atoms with E-state index in [2.05, 4.69) is 0 Å². The summed E-state index contributed by atoms with van der Waals surface area (Å²) in [4.78, 5) is 1.37. The molecule has 0 radical (unpaired) electrons. The molecule has 0 bridgehead atoms. The fourth-order valence-electron chi connectivity index (χ4n) is 2.15. The minimum Gasteiger partial charge on any atom is -0.392 e. The maximum Gasteiger partial charge on any atom is 0.175 e. The first-order valence-electron chi connectivity index (χ1n) is 6.11. The van der Waals surface area contributed by atoms with Crippen LogP contribution in [0.4, 0.5) is 0 Å². The van der Waals surface area contributed by atoms with Crippen LogP contribution in [0.5, 0.6) is 0 Å². The molecule has 0 heterocycles. The molecular weight excluding hydrogens is 268 g/mol. The van der Waals surface area contributed by atoms with Crippen LogP contribution >= 0.6 is 11.8 Å². The first-order valence-corrected chi connectivity index (χ1v) is 8.89. The van der Waals surface area contributed by atoms with Gasteiger partial charge in [0.1, 0.15) is 0 Å². The van der Waals surface area contributed by atoms with Crippen LogP contribution in [-0.2, 0) is 9.84 Å². The minimum absolute atomic E-state index is 0.238. The smallest absolute Gasteiger partial charge is 0.175 e. The number of aliphatic hydroxyl groups excluding tert-OH is 1. The Morgan fingerprint density at radius 3 is 2.33 bits per heavy atom. The highest BCUT2D eigenvalue weighted by molar-refractivity contribution is 8.00. The molecule has 0 spiro atoms. The third kappa shape index (κ3) is 3.49. The van der Waals surface area contributed by atoms with Crippen molar-refractivity contribution in [3.63, 3.8) is 0 Å². The average Bonchev–Trinajstić information content (AvgIpc) is 2.32. The second-order valence-electron chi connectivity index (χ2n) is 4.75. The Labute approximate surface area is 113 Å². The highest BCUT2D eigenvalue weighted by Gasteiger charge is 2.23. The number of rotatable bonds is 3. The zero-order valence-electron chi connectivity index (χ0n) is 10.4. The van der Waals surface area contributed by atoms with Gasteiger partial charge < -0.3 is 5.11 Å². The topological polar surface area (TPSA) is 54.4 Å². The summed E-state index contributed by atoms with van der Waals surface area (Å²) in [5.74, 6) is 0. The van der Waals surface area contributed by atoms with Gasteiger partial charge in [-0.15, -0.1) is 11.8 Å². The van der Waals surface area contributed by atoms with Gasteiger partial charge in [0.25, 0.3) is 0 Å². The van der Waals surface area contributed by atoms with Gasteiger partial charge in [-0.1, -0.05) is 12.8 Å². The van der Waals surface area contributed by atoms with Crippen molar-refractivity contribution >= 4 is 21.6 Å². The number of sulfone groups is 1. The molecular formula is C13H18O3S2. The predicted octanol–water partition coefficient (Wildman–Crippen LogP) is 2.49. The molecule has 1 aromatic carbocycles. The Bertz CT molecular complexity index is 493. The molecule has 0 unspecified atom stereocenters. The number of aliphatic hydroxyl groups is 1. The molecule has 18 heavy (non-hydrogen) atoms. The third-order valence-electron chi connectivity index (χ3n) is 3.21. The van der Waals surface area contributed by atoms with Crippen LogP contribution in [0.15, 0.2) is 34.1 Å². The highest BCUT2D eigenvalue weighted by atomic mass is 32.2. The lowest BCUT2D eigenvalue weighted by molar-refractivity contribution is 0.137. The lowest BCUT2D eigenvalue weighted by Gasteiger charge is -2.26. The van der Waals surface area contributed by atoms with Crippen LogP contribution in [0.2, 0.25) is 0 Å². The average molecular weight is 286 g/mol. The van der Waals surface area contributed by atoms with E-state index in [1.54, 1.807) is 23.9 Å². The standard InChI is InChI=1S/C13H18O3S2/c1-18(15,16)11-8-6-10(7-9-11)17-13-5-3-2-4-12(13)14/h6-9,12-14H,2-5H2,1H3/t12-,13-/m0/s1. The van der Waals surface area contributed by atoms with E-state index >= 15 is 0 Å². The molecule has 5 heteroatoms. The Morgan fingerprint density at radius 1 is 1.17 bits per heavy atom. The van der Waals surface area contributed by atoms with Gasteiger partial charge in [-0.3, -0.25) is 0 Å². The van der Waals surface area contributed by atoms with Gasteiger partial charge in [0.05, 0.1) is 11.0 Å².